The number of nitriles is 1. The van der Waals surface area contributed by atoms with Gasteiger partial charge in [-0.2, -0.15) is 5.26 Å². The molecule has 21 heavy (non-hydrogen) atoms. The number of amides is 1. The van der Waals surface area contributed by atoms with E-state index in [1.165, 1.54) is 11.9 Å². The summed E-state index contributed by atoms with van der Waals surface area (Å²) in [5.41, 5.74) is 5.34. The minimum Gasteiger partial charge on any atom is -0.394 e. The highest BCUT2D eigenvalue weighted by atomic mass is 19.1. The first kappa shape index (κ1) is 14.5. The van der Waals surface area contributed by atoms with Crippen LogP contribution in [0.4, 0.5) is 20.2 Å². The second kappa shape index (κ2) is 5.59. The number of nitrogens with zero attached hydrogens (tertiary/aromatic N) is 2. The molecule has 4 nitrogen and oxygen atoms in total. The van der Waals surface area contributed by atoms with Gasteiger partial charge < -0.3 is 10.6 Å². The molecule has 0 aliphatic carbocycles. The van der Waals surface area contributed by atoms with Gasteiger partial charge in [0.05, 0.1) is 11.6 Å². The summed E-state index contributed by atoms with van der Waals surface area (Å²) in [7, 11) is 1.47. The van der Waals surface area contributed by atoms with E-state index < -0.39 is 23.2 Å². The maximum absolute atomic E-state index is 13.4. The highest BCUT2D eigenvalue weighted by molar-refractivity contribution is 6.05. The Balaban J connectivity index is 2.32. The maximum atomic E-state index is 13.4. The predicted molar refractivity (Wildman–Crippen MR) is 74.7 cm³/mol. The van der Waals surface area contributed by atoms with Gasteiger partial charge in [0.15, 0.2) is 0 Å². The van der Waals surface area contributed by atoms with Crippen LogP contribution in [0.25, 0.3) is 0 Å². The zero-order valence-electron chi connectivity index (χ0n) is 11.1. The van der Waals surface area contributed by atoms with Crippen molar-refractivity contribution >= 4 is 17.3 Å². The van der Waals surface area contributed by atoms with Crippen molar-refractivity contribution in [2.24, 2.45) is 0 Å². The lowest BCUT2D eigenvalue weighted by molar-refractivity contribution is 0.0992. The van der Waals surface area contributed by atoms with Gasteiger partial charge in [0.25, 0.3) is 5.91 Å². The number of halogens is 2. The van der Waals surface area contributed by atoms with Crippen molar-refractivity contribution in [3.8, 4) is 6.07 Å². The normalized spacial score (nSPS) is 10.0. The number of benzene rings is 2. The smallest absolute Gasteiger partial charge is 0.258 e. The Morgan fingerprint density at radius 3 is 2.19 bits per heavy atom. The number of anilines is 2. The van der Waals surface area contributed by atoms with Crippen molar-refractivity contribution in [3.63, 3.8) is 0 Å². The molecular weight excluding hydrogens is 276 g/mol. The van der Waals surface area contributed by atoms with Crippen LogP contribution >= 0.6 is 0 Å². The summed E-state index contributed by atoms with van der Waals surface area (Å²) < 4.78 is 26.8. The van der Waals surface area contributed by atoms with E-state index in [2.05, 4.69) is 0 Å². The topological polar surface area (TPSA) is 70.1 Å². The van der Waals surface area contributed by atoms with E-state index in [9.17, 15) is 13.6 Å². The fourth-order valence-corrected chi connectivity index (χ4v) is 1.78. The molecule has 0 unspecified atom stereocenters. The Hall–Kier alpha value is -2.94. The molecule has 0 saturated carbocycles. The van der Waals surface area contributed by atoms with Gasteiger partial charge in [0.1, 0.15) is 17.3 Å². The van der Waals surface area contributed by atoms with Gasteiger partial charge in [-0.25, -0.2) is 8.78 Å². The summed E-state index contributed by atoms with van der Waals surface area (Å²) in [6.07, 6.45) is 0. The Morgan fingerprint density at radius 1 is 1.19 bits per heavy atom. The number of hydrogen-bond acceptors (Lipinski definition) is 3. The second-order valence-electron chi connectivity index (χ2n) is 4.38. The second-order valence-corrected chi connectivity index (χ2v) is 4.38. The quantitative estimate of drug-likeness (QED) is 0.863. The van der Waals surface area contributed by atoms with E-state index in [4.69, 9.17) is 11.0 Å². The molecule has 6 heteroatoms. The third-order valence-corrected chi connectivity index (χ3v) is 3.01. The summed E-state index contributed by atoms with van der Waals surface area (Å²) in [5, 5.41) is 8.72. The largest absolute Gasteiger partial charge is 0.394 e. The van der Waals surface area contributed by atoms with Crippen LogP contribution in [-0.4, -0.2) is 13.0 Å². The standard InChI is InChI=1S/C15H11F2N3O/c1-20(11-4-2-9(8-18)3-5-11)15(21)10-6-12(16)14(19)13(17)7-10/h2-7H,19H2,1H3. The highest BCUT2D eigenvalue weighted by Crippen LogP contribution is 2.21. The van der Waals surface area contributed by atoms with E-state index in [1.807, 2.05) is 6.07 Å². The molecule has 0 spiro atoms. The molecule has 0 aliphatic rings. The molecule has 0 aliphatic heterocycles. The molecule has 0 bridgehead atoms. The lowest BCUT2D eigenvalue weighted by atomic mass is 10.1. The number of nitrogens with two attached hydrogens (primary N) is 1. The van der Waals surface area contributed by atoms with Crippen LogP contribution in [0, 0.1) is 23.0 Å². The minimum atomic E-state index is -0.980. The van der Waals surface area contributed by atoms with Gasteiger partial charge in [-0.15, -0.1) is 0 Å². The predicted octanol–water partition coefficient (Wildman–Crippen LogP) is 2.70. The molecule has 0 saturated heterocycles. The Bertz CT molecular complexity index is 713. The Labute approximate surface area is 120 Å². The third-order valence-electron chi connectivity index (χ3n) is 3.01. The summed E-state index contributed by atoms with van der Waals surface area (Å²) in [5.74, 6) is -2.55. The maximum Gasteiger partial charge on any atom is 0.258 e. The minimum absolute atomic E-state index is 0.147. The van der Waals surface area contributed by atoms with Crippen molar-refractivity contribution in [3.05, 3.63) is 59.2 Å². The van der Waals surface area contributed by atoms with Crippen LogP contribution < -0.4 is 10.6 Å². The van der Waals surface area contributed by atoms with Crippen LogP contribution in [0.2, 0.25) is 0 Å². The van der Waals surface area contributed by atoms with E-state index in [-0.39, 0.29) is 5.56 Å². The number of nitrogen functional groups attached to an aromatic ring is 1. The van der Waals surface area contributed by atoms with E-state index in [1.54, 1.807) is 24.3 Å². The van der Waals surface area contributed by atoms with Crippen molar-refractivity contribution in [1.29, 1.82) is 5.26 Å². The fourth-order valence-electron chi connectivity index (χ4n) is 1.78. The van der Waals surface area contributed by atoms with Crippen LogP contribution in [-0.2, 0) is 0 Å². The van der Waals surface area contributed by atoms with Crippen molar-refractivity contribution in [1.82, 2.24) is 0 Å². The molecular formula is C15H11F2N3O. The van der Waals surface area contributed by atoms with Crippen molar-refractivity contribution in [2.45, 2.75) is 0 Å². The first-order chi connectivity index (χ1) is 9.93. The summed E-state index contributed by atoms with van der Waals surface area (Å²) in [4.78, 5) is 13.4. The molecule has 106 valence electrons. The number of rotatable bonds is 2. The summed E-state index contributed by atoms with van der Waals surface area (Å²) >= 11 is 0. The average molecular weight is 287 g/mol. The Kier molecular flexibility index (Phi) is 3.85. The first-order valence-electron chi connectivity index (χ1n) is 5.96. The van der Waals surface area contributed by atoms with Crippen LogP contribution in [0.5, 0.6) is 0 Å². The lowest BCUT2D eigenvalue weighted by Crippen LogP contribution is -2.26. The molecule has 0 atom stereocenters. The van der Waals surface area contributed by atoms with Crippen molar-refractivity contribution < 1.29 is 13.6 Å². The molecule has 0 heterocycles. The highest BCUT2D eigenvalue weighted by Gasteiger charge is 2.17. The molecule has 1 amide bonds. The molecule has 0 fully saturated rings. The van der Waals surface area contributed by atoms with Crippen molar-refractivity contribution in [2.75, 3.05) is 17.7 Å². The van der Waals surface area contributed by atoms with E-state index >= 15 is 0 Å². The van der Waals surface area contributed by atoms with Gasteiger partial charge in [-0.05, 0) is 36.4 Å². The lowest BCUT2D eigenvalue weighted by Gasteiger charge is -2.17. The zero-order valence-corrected chi connectivity index (χ0v) is 11.1. The molecule has 2 rings (SSSR count). The fraction of sp³-hybridized carbons (Fsp3) is 0.0667. The number of hydrogen-bond donors (Lipinski definition) is 1. The Morgan fingerprint density at radius 2 is 1.71 bits per heavy atom. The monoisotopic (exact) mass is 287 g/mol. The molecule has 2 N–H and O–H groups in total. The van der Waals surface area contributed by atoms with Crippen LogP contribution in [0.15, 0.2) is 36.4 Å². The molecule has 0 aromatic heterocycles. The van der Waals surface area contributed by atoms with Crippen LogP contribution in [0.3, 0.4) is 0 Å². The summed E-state index contributed by atoms with van der Waals surface area (Å²) in [6, 6.07) is 9.97. The summed E-state index contributed by atoms with van der Waals surface area (Å²) in [6.45, 7) is 0. The third kappa shape index (κ3) is 2.82. The van der Waals surface area contributed by atoms with Gasteiger partial charge in [-0.3, -0.25) is 4.79 Å². The van der Waals surface area contributed by atoms with E-state index in [0.29, 0.717) is 11.3 Å². The van der Waals surface area contributed by atoms with Gasteiger partial charge >= 0.3 is 0 Å². The molecule has 0 radical (unpaired) electrons. The van der Waals surface area contributed by atoms with E-state index in [0.717, 1.165) is 12.1 Å². The molecule has 2 aromatic rings. The van der Waals surface area contributed by atoms with Gasteiger partial charge in [-0.1, -0.05) is 0 Å². The average Bonchev–Trinajstić information content (AvgIpc) is 2.50. The number of carbonyl (C=O) groups is 1. The zero-order chi connectivity index (χ0) is 15.6. The van der Waals surface area contributed by atoms with Gasteiger partial charge in [0, 0.05) is 18.3 Å². The van der Waals surface area contributed by atoms with Crippen LogP contribution in [0.1, 0.15) is 15.9 Å². The number of carbonyl (C=O) groups excluding carboxylic acids is 1. The van der Waals surface area contributed by atoms with Gasteiger partial charge in [0.2, 0.25) is 0 Å². The first-order valence-corrected chi connectivity index (χ1v) is 5.96. The molecule has 2 aromatic carbocycles. The SMILES string of the molecule is CN(C(=O)c1cc(F)c(N)c(F)c1)c1ccc(C#N)cc1.